The summed E-state index contributed by atoms with van der Waals surface area (Å²) in [4.78, 5) is 0.743. The average molecular weight is 347 g/mol. The van der Waals surface area contributed by atoms with Gasteiger partial charge in [-0.25, -0.2) is 0 Å². The number of aliphatic hydroxyl groups is 2. The molecule has 0 amide bonds. The molecule has 0 heterocycles. The van der Waals surface area contributed by atoms with Crippen molar-refractivity contribution in [2.75, 3.05) is 46.1 Å². The predicted molar refractivity (Wildman–Crippen MR) is 58.5 cm³/mol. The van der Waals surface area contributed by atoms with Crippen molar-refractivity contribution in [3.8, 4) is 0 Å². The van der Waals surface area contributed by atoms with Crippen LogP contribution in [0.5, 0.6) is 0 Å². The molecule has 0 aromatic carbocycles. The van der Waals surface area contributed by atoms with Gasteiger partial charge in [-0.1, -0.05) is 0 Å². The zero-order chi connectivity index (χ0) is 17.4. The quantitative estimate of drug-likeness (QED) is 0.547. The lowest BCUT2D eigenvalue weighted by molar-refractivity contribution is -0.389. The first-order chi connectivity index (χ1) is 9.91. The Balaban J connectivity index is 4.45. The summed E-state index contributed by atoms with van der Waals surface area (Å²) in [5.74, 6) is 0. The summed E-state index contributed by atoms with van der Waals surface area (Å²) in [6.07, 6.45) is -13.9. The Bertz CT molecular complexity index is 308. The molecule has 0 rings (SSSR count). The van der Waals surface area contributed by atoms with Gasteiger partial charge < -0.3 is 14.9 Å². The zero-order valence-electron chi connectivity index (χ0n) is 11.3. The fraction of sp³-hybridized carbons (Fsp3) is 1.00. The molecule has 0 saturated carbocycles. The van der Waals surface area contributed by atoms with E-state index < -0.39 is 51.4 Å². The van der Waals surface area contributed by atoms with Crippen molar-refractivity contribution in [3.05, 3.63) is 0 Å². The standard InChI is InChI=1S/C10H16F7NO4/c11-8(12,13)6-21-7-10(16,17)22-9(14,15)5-18(1-3-19)2-4-20/h19-20H,1-7H2. The Kier molecular flexibility index (Phi) is 8.54. The first-order valence-electron chi connectivity index (χ1n) is 5.95. The lowest BCUT2D eigenvalue weighted by Crippen LogP contribution is -2.46. The minimum atomic E-state index is -4.88. The summed E-state index contributed by atoms with van der Waals surface area (Å²) in [5.41, 5.74) is 0. The minimum absolute atomic E-state index is 0.338. The van der Waals surface area contributed by atoms with E-state index in [9.17, 15) is 30.7 Å². The molecule has 0 saturated heterocycles. The maximum Gasteiger partial charge on any atom is 0.411 e. The second kappa shape index (κ2) is 8.82. The number of hydrogen-bond donors (Lipinski definition) is 2. The third-order valence-corrected chi connectivity index (χ3v) is 2.07. The van der Waals surface area contributed by atoms with Crippen LogP contribution in [0.3, 0.4) is 0 Å². The molecule has 22 heavy (non-hydrogen) atoms. The Morgan fingerprint density at radius 1 is 0.773 bits per heavy atom. The van der Waals surface area contributed by atoms with Gasteiger partial charge in [0.25, 0.3) is 0 Å². The van der Waals surface area contributed by atoms with Gasteiger partial charge in [-0.05, 0) is 0 Å². The fourth-order valence-corrected chi connectivity index (χ4v) is 1.38. The van der Waals surface area contributed by atoms with Crippen molar-refractivity contribution in [2.45, 2.75) is 18.4 Å². The van der Waals surface area contributed by atoms with E-state index in [1.165, 1.54) is 0 Å². The van der Waals surface area contributed by atoms with Crippen LogP contribution >= 0.6 is 0 Å². The van der Waals surface area contributed by atoms with Crippen LogP contribution in [-0.4, -0.2) is 79.6 Å². The second-order valence-corrected chi connectivity index (χ2v) is 4.21. The van der Waals surface area contributed by atoms with Gasteiger partial charge in [0.05, 0.1) is 19.8 Å². The summed E-state index contributed by atoms with van der Waals surface area (Å²) in [5, 5.41) is 17.2. The van der Waals surface area contributed by atoms with Crippen LogP contribution in [0.4, 0.5) is 30.7 Å². The van der Waals surface area contributed by atoms with E-state index in [0.717, 1.165) is 4.90 Å². The average Bonchev–Trinajstić information content (AvgIpc) is 2.24. The summed E-state index contributed by atoms with van der Waals surface area (Å²) < 4.78 is 94.5. The van der Waals surface area contributed by atoms with Crippen LogP contribution in [0.2, 0.25) is 0 Å². The molecular weight excluding hydrogens is 331 g/mol. The van der Waals surface area contributed by atoms with Crippen LogP contribution in [-0.2, 0) is 9.47 Å². The van der Waals surface area contributed by atoms with Gasteiger partial charge in [-0.3, -0.25) is 9.64 Å². The highest BCUT2D eigenvalue weighted by Crippen LogP contribution is 2.28. The molecule has 0 aliphatic rings. The number of aliphatic hydroxyl groups excluding tert-OH is 2. The third kappa shape index (κ3) is 11.0. The zero-order valence-corrected chi connectivity index (χ0v) is 11.3. The van der Waals surface area contributed by atoms with Crippen LogP contribution in [0.15, 0.2) is 0 Å². The molecule has 134 valence electrons. The second-order valence-electron chi connectivity index (χ2n) is 4.21. The molecule has 0 aromatic rings. The summed E-state index contributed by atoms with van der Waals surface area (Å²) in [6, 6.07) is 0. The molecular formula is C10H16F7NO4. The van der Waals surface area contributed by atoms with Crippen LogP contribution in [0.25, 0.3) is 0 Å². The SMILES string of the molecule is OCCN(CCO)CC(F)(F)OC(F)(F)COCC(F)(F)F. The molecule has 0 aromatic heterocycles. The van der Waals surface area contributed by atoms with E-state index in [1.54, 1.807) is 0 Å². The predicted octanol–water partition coefficient (Wildman–Crippen LogP) is 1.05. The minimum Gasteiger partial charge on any atom is -0.395 e. The monoisotopic (exact) mass is 347 g/mol. The molecule has 0 atom stereocenters. The maximum absolute atomic E-state index is 13.3. The van der Waals surface area contributed by atoms with E-state index in [-0.39, 0.29) is 13.1 Å². The summed E-state index contributed by atoms with van der Waals surface area (Å²) >= 11 is 0. The molecule has 5 nitrogen and oxygen atoms in total. The van der Waals surface area contributed by atoms with E-state index in [0.29, 0.717) is 0 Å². The van der Waals surface area contributed by atoms with Gasteiger partial charge in [0, 0.05) is 13.1 Å². The van der Waals surface area contributed by atoms with Crippen LogP contribution < -0.4 is 0 Å². The van der Waals surface area contributed by atoms with Crippen molar-refractivity contribution in [2.24, 2.45) is 0 Å². The first-order valence-corrected chi connectivity index (χ1v) is 5.95. The first kappa shape index (κ1) is 21.3. The highest BCUT2D eigenvalue weighted by molar-refractivity contribution is 4.67. The van der Waals surface area contributed by atoms with Crippen molar-refractivity contribution in [1.29, 1.82) is 0 Å². The van der Waals surface area contributed by atoms with Gasteiger partial charge in [0.15, 0.2) is 0 Å². The summed E-state index contributed by atoms with van der Waals surface area (Å²) in [6.45, 7) is -7.22. The smallest absolute Gasteiger partial charge is 0.395 e. The lowest BCUT2D eigenvalue weighted by atomic mass is 10.4. The largest absolute Gasteiger partial charge is 0.411 e. The van der Waals surface area contributed by atoms with Gasteiger partial charge in [-0.2, -0.15) is 30.7 Å². The molecule has 0 aliphatic heterocycles. The number of alkyl halides is 7. The Morgan fingerprint density at radius 3 is 1.68 bits per heavy atom. The van der Waals surface area contributed by atoms with Gasteiger partial charge in [0.2, 0.25) is 0 Å². The van der Waals surface area contributed by atoms with E-state index in [2.05, 4.69) is 9.47 Å². The Morgan fingerprint density at radius 2 is 1.27 bits per heavy atom. The van der Waals surface area contributed by atoms with Gasteiger partial charge >= 0.3 is 18.4 Å². The highest BCUT2D eigenvalue weighted by Gasteiger charge is 2.45. The van der Waals surface area contributed by atoms with Crippen molar-refractivity contribution in [1.82, 2.24) is 4.90 Å². The fourth-order valence-electron chi connectivity index (χ4n) is 1.38. The molecule has 0 radical (unpaired) electrons. The van der Waals surface area contributed by atoms with E-state index >= 15 is 0 Å². The molecule has 0 spiro atoms. The van der Waals surface area contributed by atoms with Gasteiger partial charge in [-0.15, -0.1) is 0 Å². The number of rotatable bonds is 11. The lowest BCUT2D eigenvalue weighted by Gasteiger charge is -2.28. The number of halogens is 7. The summed E-state index contributed by atoms with van der Waals surface area (Å²) in [7, 11) is 0. The van der Waals surface area contributed by atoms with E-state index in [1.807, 2.05) is 0 Å². The molecule has 0 fully saturated rings. The van der Waals surface area contributed by atoms with Crippen molar-refractivity contribution in [3.63, 3.8) is 0 Å². The normalized spacial score (nSPS) is 13.9. The van der Waals surface area contributed by atoms with E-state index in [4.69, 9.17) is 10.2 Å². The molecule has 0 unspecified atom stereocenters. The van der Waals surface area contributed by atoms with Gasteiger partial charge in [0.1, 0.15) is 13.2 Å². The number of hydrogen-bond acceptors (Lipinski definition) is 5. The van der Waals surface area contributed by atoms with Crippen molar-refractivity contribution < 1.29 is 50.4 Å². The Hall–Kier alpha value is -0.690. The van der Waals surface area contributed by atoms with Crippen molar-refractivity contribution >= 4 is 0 Å². The van der Waals surface area contributed by atoms with Crippen LogP contribution in [0, 0.1) is 0 Å². The third-order valence-electron chi connectivity index (χ3n) is 2.07. The molecule has 12 heteroatoms. The molecule has 0 bridgehead atoms. The molecule has 2 N–H and O–H groups in total. The number of nitrogens with zero attached hydrogens (tertiary/aromatic N) is 1. The molecule has 0 aliphatic carbocycles. The highest BCUT2D eigenvalue weighted by atomic mass is 19.4. The van der Waals surface area contributed by atoms with Crippen LogP contribution in [0.1, 0.15) is 0 Å². The Labute approximate surface area is 121 Å². The topological polar surface area (TPSA) is 62.2 Å². The number of ether oxygens (including phenoxy) is 2. The maximum atomic E-state index is 13.3.